The Labute approximate surface area is 174 Å². The monoisotopic (exact) mass is 446 g/mol. The molecule has 1 saturated heterocycles. The van der Waals surface area contributed by atoms with Crippen LogP contribution >= 0.6 is 23.2 Å². The van der Waals surface area contributed by atoms with Gasteiger partial charge in [0, 0.05) is 20.8 Å². The summed E-state index contributed by atoms with van der Waals surface area (Å²) in [6, 6.07) is 0. The van der Waals surface area contributed by atoms with Crippen molar-refractivity contribution in [1.29, 1.82) is 0 Å². The van der Waals surface area contributed by atoms with E-state index in [1.807, 2.05) is 0 Å². The van der Waals surface area contributed by atoms with Crippen LogP contribution in [0.4, 0.5) is 0 Å². The maximum absolute atomic E-state index is 11.7. The Morgan fingerprint density at radius 3 is 2.34 bits per heavy atom. The maximum atomic E-state index is 11.7. The highest BCUT2D eigenvalue weighted by atomic mass is 35.5. The molecule has 3 rings (SSSR count). The molecule has 0 saturated carbocycles. The molecule has 0 radical (unpaired) electrons. The fourth-order valence-corrected chi connectivity index (χ4v) is 3.36. The molecule has 4 atom stereocenters. The van der Waals surface area contributed by atoms with E-state index in [1.54, 1.807) is 0 Å². The molecule has 2 aromatic rings. The molecule has 0 amide bonds. The smallest absolute Gasteiger partial charge is 0.303 e. The first kappa shape index (κ1) is 21.2. The van der Waals surface area contributed by atoms with Gasteiger partial charge in [-0.2, -0.15) is 10.1 Å². The second kappa shape index (κ2) is 8.47. The van der Waals surface area contributed by atoms with Crippen LogP contribution in [-0.4, -0.2) is 62.6 Å². The summed E-state index contributed by atoms with van der Waals surface area (Å²) in [5, 5.41) is 4.51. The molecule has 0 bridgehead atoms. The first-order valence-electron chi connectivity index (χ1n) is 8.37. The van der Waals surface area contributed by atoms with E-state index in [2.05, 4.69) is 15.1 Å². The first-order chi connectivity index (χ1) is 13.7. The Kier molecular flexibility index (Phi) is 6.20. The van der Waals surface area contributed by atoms with Gasteiger partial charge in [-0.15, -0.1) is 0 Å². The van der Waals surface area contributed by atoms with Gasteiger partial charge in [0.1, 0.15) is 17.9 Å². The lowest BCUT2D eigenvalue weighted by atomic mass is 10.1. The summed E-state index contributed by atoms with van der Waals surface area (Å²) < 4.78 is 22.8. The van der Waals surface area contributed by atoms with Crippen molar-refractivity contribution >= 4 is 52.1 Å². The lowest BCUT2D eigenvalue weighted by Gasteiger charge is -2.23. The summed E-state index contributed by atoms with van der Waals surface area (Å²) >= 11 is 12.0. The molecular weight excluding hydrogens is 431 g/mol. The molecule has 0 unspecified atom stereocenters. The molecule has 11 nitrogen and oxygen atoms in total. The molecule has 156 valence electrons. The second-order valence-electron chi connectivity index (χ2n) is 6.13. The maximum Gasteiger partial charge on any atom is 0.303 e. The quantitative estimate of drug-likeness (QED) is 0.287. The fraction of sp³-hybridized carbons (Fsp3) is 0.500. The van der Waals surface area contributed by atoms with Gasteiger partial charge >= 0.3 is 17.9 Å². The predicted octanol–water partition coefficient (Wildman–Crippen LogP) is 1.46. The topological polar surface area (TPSA) is 132 Å². The minimum Gasteiger partial charge on any atom is -0.463 e. The molecule has 0 spiro atoms. The highest BCUT2D eigenvalue weighted by molar-refractivity contribution is 6.35. The predicted molar refractivity (Wildman–Crippen MR) is 97.0 cm³/mol. The van der Waals surface area contributed by atoms with Crippen LogP contribution in [0.15, 0.2) is 6.20 Å². The highest BCUT2D eigenvalue weighted by Crippen LogP contribution is 2.36. The number of esters is 3. The number of ether oxygens (including phenoxy) is 4. The van der Waals surface area contributed by atoms with E-state index >= 15 is 0 Å². The zero-order valence-electron chi connectivity index (χ0n) is 15.5. The number of aromatic nitrogens is 4. The van der Waals surface area contributed by atoms with Crippen LogP contribution in [0.5, 0.6) is 0 Å². The van der Waals surface area contributed by atoms with E-state index in [4.69, 9.17) is 42.1 Å². The molecule has 1 aliphatic rings. The van der Waals surface area contributed by atoms with Gasteiger partial charge in [0.05, 0.1) is 11.6 Å². The third kappa shape index (κ3) is 4.57. The molecule has 1 aliphatic heterocycles. The van der Waals surface area contributed by atoms with Crippen LogP contribution in [0.25, 0.3) is 11.0 Å². The minimum absolute atomic E-state index is 0.0706. The number of nitrogens with zero attached hydrogens (tertiary/aromatic N) is 4. The van der Waals surface area contributed by atoms with E-state index in [-0.39, 0.29) is 22.7 Å². The summed E-state index contributed by atoms with van der Waals surface area (Å²) in [4.78, 5) is 42.4. The van der Waals surface area contributed by atoms with E-state index in [1.165, 1.54) is 31.6 Å². The first-order valence-corrected chi connectivity index (χ1v) is 9.12. The van der Waals surface area contributed by atoms with Crippen molar-refractivity contribution in [2.24, 2.45) is 0 Å². The van der Waals surface area contributed by atoms with Crippen molar-refractivity contribution in [1.82, 2.24) is 19.7 Å². The Balaban J connectivity index is 2.04. The standard InChI is InChI=1S/C16H16Cl2N4O7/c1-6(23)26-5-10-11(27-7(2)24)12(28-8(3)25)15(29-10)22-14-9(4-19-22)13(17)20-16(18)21-14/h4,10-12,15H,5H2,1-3H3/t10-,11-,12-,15+/m1/s1. The average molecular weight is 447 g/mol. The zero-order chi connectivity index (χ0) is 21.3. The third-order valence-corrected chi connectivity index (χ3v) is 4.42. The van der Waals surface area contributed by atoms with Crippen molar-refractivity contribution in [3.05, 3.63) is 16.6 Å². The minimum atomic E-state index is -1.10. The van der Waals surface area contributed by atoms with Crippen LogP contribution in [-0.2, 0) is 33.3 Å². The molecule has 1 fully saturated rings. The van der Waals surface area contributed by atoms with Gasteiger partial charge in [0.2, 0.25) is 5.28 Å². The van der Waals surface area contributed by atoms with E-state index in [0.29, 0.717) is 5.39 Å². The molecule has 3 heterocycles. The number of hydrogen-bond acceptors (Lipinski definition) is 10. The third-order valence-electron chi connectivity index (χ3n) is 3.96. The van der Waals surface area contributed by atoms with Gasteiger partial charge in [-0.3, -0.25) is 14.4 Å². The molecule has 2 aromatic heterocycles. The average Bonchev–Trinajstić information content (AvgIpc) is 3.15. The van der Waals surface area contributed by atoms with Gasteiger partial charge < -0.3 is 18.9 Å². The van der Waals surface area contributed by atoms with Gasteiger partial charge in [0.25, 0.3) is 0 Å². The van der Waals surface area contributed by atoms with Crippen molar-refractivity contribution in [3.8, 4) is 0 Å². The van der Waals surface area contributed by atoms with Crippen molar-refractivity contribution < 1.29 is 33.3 Å². The van der Waals surface area contributed by atoms with E-state index in [0.717, 1.165) is 0 Å². The summed E-state index contributed by atoms with van der Waals surface area (Å²) in [6.45, 7) is 3.37. The Hall–Kier alpha value is -2.50. The lowest BCUT2D eigenvalue weighted by Crippen LogP contribution is -2.40. The van der Waals surface area contributed by atoms with Gasteiger partial charge in [-0.1, -0.05) is 11.6 Å². The van der Waals surface area contributed by atoms with Crippen LogP contribution < -0.4 is 0 Å². The largest absolute Gasteiger partial charge is 0.463 e. The molecule has 13 heteroatoms. The molecule has 0 aromatic carbocycles. The Morgan fingerprint density at radius 2 is 1.72 bits per heavy atom. The van der Waals surface area contributed by atoms with Gasteiger partial charge in [-0.25, -0.2) is 9.67 Å². The summed E-state index contributed by atoms with van der Waals surface area (Å²) in [5.41, 5.74) is 0.215. The van der Waals surface area contributed by atoms with Gasteiger partial charge in [0.15, 0.2) is 24.1 Å². The number of fused-ring (bicyclic) bond motifs is 1. The molecule has 29 heavy (non-hydrogen) atoms. The Morgan fingerprint density at radius 1 is 1.07 bits per heavy atom. The van der Waals surface area contributed by atoms with Gasteiger partial charge in [-0.05, 0) is 11.6 Å². The Bertz CT molecular complexity index is 966. The van der Waals surface area contributed by atoms with Crippen molar-refractivity contribution in [2.45, 2.75) is 45.3 Å². The van der Waals surface area contributed by atoms with Crippen molar-refractivity contribution in [2.75, 3.05) is 6.61 Å². The van der Waals surface area contributed by atoms with Crippen LogP contribution in [0.3, 0.4) is 0 Å². The lowest BCUT2D eigenvalue weighted by molar-refractivity contribution is -0.166. The van der Waals surface area contributed by atoms with Crippen molar-refractivity contribution in [3.63, 3.8) is 0 Å². The number of carbonyl (C=O) groups excluding carboxylic acids is 3. The van der Waals surface area contributed by atoms with Crippen LogP contribution in [0.1, 0.15) is 27.0 Å². The highest BCUT2D eigenvalue weighted by Gasteiger charge is 2.51. The second-order valence-corrected chi connectivity index (χ2v) is 6.82. The normalized spacial score (nSPS) is 23.8. The fourth-order valence-electron chi connectivity index (χ4n) is 2.94. The summed E-state index contributed by atoms with van der Waals surface area (Å²) in [6.07, 6.45) is -2.77. The zero-order valence-corrected chi connectivity index (χ0v) is 17.0. The molecular formula is C16H16Cl2N4O7. The number of rotatable bonds is 5. The van der Waals surface area contributed by atoms with E-state index in [9.17, 15) is 14.4 Å². The number of hydrogen-bond donors (Lipinski definition) is 0. The summed E-state index contributed by atoms with van der Waals surface area (Å²) in [7, 11) is 0. The SMILES string of the molecule is CC(=O)OC[C@H]1O[C@H](n2ncc3c(Cl)nc(Cl)nc32)[C@H](OC(C)=O)[C@@H]1OC(C)=O. The molecule has 0 aliphatic carbocycles. The summed E-state index contributed by atoms with van der Waals surface area (Å²) in [5.74, 6) is -1.84. The van der Waals surface area contributed by atoms with E-state index < -0.39 is 42.4 Å². The molecule has 0 N–H and O–H groups in total. The number of carbonyl (C=O) groups is 3. The van der Waals surface area contributed by atoms with Crippen LogP contribution in [0, 0.1) is 0 Å². The van der Waals surface area contributed by atoms with Crippen LogP contribution in [0.2, 0.25) is 10.4 Å². The number of halogens is 2.